The molecular formula is C31H20Br2ClN3O3. The maximum absolute atomic E-state index is 13.5. The number of fused-ring (bicyclic) bond motifs is 2. The number of aromatic nitrogens is 2. The van der Waals surface area contributed by atoms with Gasteiger partial charge >= 0.3 is 0 Å². The lowest BCUT2D eigenvalue weighted by atomic mass is 10.2. The van der Waals surface area contributed by atoms with Crippen molar-refractivity contribution in [3.05, 3.63) is 126 Å². The predicted molar refractivity (Wildman–Crippen MR) is 167 cm³/mol. The Morgan fingerprint density at radius 1 is 1.00 bits per heavy atom. The highest BCUT2D eigenvalue weighted by Crippen LogP contribution is 2.35. The Balaban J connectivity index is 1.37. The van der Waals surface area contributed by atoms with Gasteiger partial charge in [-0.15, -0.1) is 0 Å². The van der Waals surface area contributed by atoms with E-state index in [2.05, 4.69) is 56.0 Å². The molecule has 0 bridgehead atoms. The van der Waals surface area contributed by atoms with Crippen LogP contribution >= 0.6 is 43.5 Å². The lowest BCUT2D eigenvalue weighted by Crippen LogP contribution is -2.20. The molecule has 0 saturated heterocycles. The molecule has 0 radical (unpaired) electrons. The fourth-order valence-electron chi connectivity index (χ4n) is 4.27. The van der Waals surface area contributed by atoms with Crippen LogP contribution in [0.25, 0.3) is 33.5 Å². The van der Waals surface area contributed by atoms with E-state index in [9.17, 15) is 4.79 Å². The molecule has 40 heavy (non-hydrogen) atoms. The van der Waals surface area contributed by atoms with E-state index in [1.165, 1.54) is 10.2 Å². The Bertz CT molecular complexity index is 1960. The van der Waals surface area contributed by atoms with Gasteiger partial charge in [0.2, 0.25) is 5.82 Å². The number of benzene rings is 4. The monoisotopic (exact) mass is 675 g/mol. The molecule has 0 aliphatic heterocycles. The van der Waals surface area contributed by atoms with Crippen LogP contribution in [0.4, 0.5) is 0 Å². The summed E-state index contributed by atoms with van der Waals surface area (Å²) in [6, 6.07) is 26.2. The summed E-state index contributed by atoms with van der Waals surface area (Å²) in [6.45, 7) is 2.48. The first kappa shape index (κ1) is 26.5. The summed E-state index contributed by atoms with van der Waals surface area (Å²) in [5, 5.41) is 6.39. The number of para-hydroxylation sites is 1. The SMILES string of the molecule is Cc1ccc(COc2c(Br)cc(C=Nn3c(-c4cc5cc(Cl)ccc5o4)nc4ccccc4c3=O)cc2Br)cc1. The van der Waals surface area contributed by atoms with Crippen molar-refractivity contribution in [1.82, 2.24) is 9.66 Å². The fraction of sp³-hybridized carbons (Fsp3) is 0.0645. The van der Waals surface area contributed by atoms with Crippen molar-refractivity contribution in [3.8, 4) is 17.3 Å². The molecule has 198 valence electrons. The summed E-state index contributed by atoms with van der Waals surface area (Å²) >= 11 is 13.4. The minimum atomic E-state index is -0.313. The molecular weight excluding hydrogens is 658 g/mol. The minimum Gasteiger partial charge on any atom is -0.487 e. The predicted octanol–water partition coefficient (Wildman–Crippen LogP) is 8.76. The summed E-state index contributed by atoms with van der Waals surface area (Å²) in [7, 11) is 0. The van der Waals surface area contributed by atoms with Gasteiger partial charge in [-0.3, -0.25) is 4.79 Å². The lowest BCUT2D eigenvalue weighted by molar-refractivity contribution is 0.302. The Hall–Kier alpha value is -3.72. The van der Waals surface area contributed by atoms with E-state index in [0.717, 1.165) is 25.5 Å². The van der Waals surface area contributed by atoms with E-state index in [4.69, 9.17) is 25.7 Å². The molecule has 0 unspecified atom stereocenters. The summed E-state index contributed by atoms with van der Waals surface area (Å²) in [6.07, 6.45) is 1.60. The number of halogens is 3. The van der Waals surface area contributed by atoms with Crippen molar-refractivity contribution < 1.29 is 9.15 Å². The van der Waals surface area contributed by atoms with Crippen molar-refractivity contribution >= 4 is 71.5 Å². The third kappa shape index (κ3) is 5.35. The van der Waals surface area contributed by atoms with Crippen LogP contribution in [0.1, 0.15) is 16.7 Å². The van der Waals surface area contributed by atoms with Crippen LogP contribution in [-0.2, 0) is 6.61 Å². The van der Waals surface area contributed by atoms with Crippen LogP contribution in [0.3, 0.4) is 0 Å². The molecule has 0 N–H and O–H groups in total. The summed E-state index contributed by atoms with van der Waals surface area (Å²) < 4.78 is 14.9. The second kappa shape index (κ2) is 11.0. The fourth-order valence-corrected chi connectivity index (χ4v) is 5.90. The second-order valence-electron chi connectivity index (χ2n) is 9.19. The highest BCUT2D eigenvalue weighted by atomic mass is 79.9. The zero-order chi connectivity index (χ0) is 27.8. The zero-order valence-corrected chi connectivity index (χ0v) is 25.0. The Kier molecular flexibility index (Phi) is 7.31. The molecule has 2 aromatic heterocycles. The van der Waals surface area contributed by atoms with Gasteiger partial charge in [-0.1, -0.05) is 53.6 Å². The van der Waals surface area contributed by atoms with Crippen LogP contribution in [0.2, 0.25) is 5.02 Å². The largest absolute Gasteiger partial charge is 0.487 e. The number of aryl methyl sites for hydroxylation is 1. The zero-order valence-electron chi connectivity index (χ0n) is 21.1. The molecule has 0 amide bonds. The molecule has 6 aromatic rings. The van der Waals surface area contributed by atoms with Gasteiger partial charge < -0.3 is 9.15 Å². The lowest BCUT2D eigenvalue weighted by Gasteiger charge is -2.12. The van der Waals surface area contributed by atoms with Gasteiger partial charge in [-0.25, -0.2) is 4.98 Å². The van der Waals surface area contributed by atoms with Crippen LogP contribution in [0.5, 0.6) is 5.75 Å². The molecule has 0 spiro atoms. The van der Waals surface area contributed by atoms with E-state index < -0.39 is 0 Å². The summed E-state index contributed by atoms with van der Waals surface area (Å²) in [5.41, 5.74) is 3.87. The summed E-state index contributed by atoms with van der Waals surface area (Å²) in [4.78, 5) is 18.3. The number of nitrogens with zero attached hydrogens (tertiary/aromatic N) is 3. The molecule has 0 atom stereocenters. The Morgan fingerprint density at radius 2 is 1.75 bits per heavy atom. The number of rotatable bonds is 6. The van der Waals surface area contributed by atoms with Gasteiger partial charge in [0, 0.05) is 10.4 Å². The molecule has 0 fully saturated rings. The quantitative estimate of drug-likeness (QED) is 0.165. The topological polar surface area (TPSA) is 69.6 Å². The Morgan fingerprint density at radius 3 is 2.52 bits per heavy atom. The van der Waals surface area contributed by atoms with Crippen molar-refractivity contribution in [2.45, 2.75) is 13.5 Å². The molecule has 4 aromatic carbocycles. The van der Waals surface area contributed by atoms with E-state index in [-0.39, 0.29) is 11.4 Å². The minimum absolute atomic E-state index is 0.281. The molecule has 0 saturated carbocycles. The number of hydrogen-bond acceptors (Lipinski definition) is 5. The molecule has 0 aliphatic rings. The van der Waals surface area contributed by atoms with Gasteiger partial charge in [0.05, 0.1) is 26.1 Å². The second-order valence-corrected chi connectivity index (χ2v) is 11.3. The molecule has 9 heteroatoms. The number of furan rings is 1. The smallest absolute Gasteiger partial charge is 0.282 e. The van der Waals surface area contributed by atoms with Crippen LogP contribution < -0.4 is 10.3 Å². The van der Waals surface area contributed by atoms with Crippen molar-refractivity contribution in [2.75, 3.05) is 0 Å². The van der Waals surface area contributed by atoms with E-state index in [1.54, 1.807) is 48.7 Å². The third-order valence-electron chi connectivity index (χ3n) is 6.30. The molecule has 6 nitrogen and oxygen atoms in total. The number of ether oxygens (including phenoxy) is 1. The van der Waals surface area contributed by atoms with Gasteiger partial charge in [0.1, 0.15) is 17.9 Å². The first-order chi connectivity index (χ1) is 19.4. The molecule has 2 heterocycles. The van der Waals surface area contributed by atoms with E-state index in [1.807, 2.05) is 30.3 Å². The first-order valence-corrected chi connectivity index (χ1v) is 14.2. The van der Waals surface area contributed by atoms with Crippen LogP contribution in [0, 0.1) is 6.92 Å². The maximum Gasteiger partial charge on any atom is 0.282 e. The van der Waals surface area contributed by atoms with Crippen LogP contribution in [-0.4, -0.2) is 15.9 Å². The van der Waals surface area contributed by atoms with Gasteiger partial charge in [-0.05, 0) is 98.4 Å². The average Bonchev–Trinajstić information content (AvgIpc) is 3.36. The number of hydrogen-bond donors (Lipinski definition) is 0. The molecule has 6 rings (SSSR count). The third-order valence-corrected chi connectivity index (χ3v) is 7.71. The van der Waals surface area contributed by atoms with Crippen molar-refractivity contribution in [3.63, 3.8) is 0 Å². The van der Waals surface area contributed by atoms with Crippen molar-refractivity contribution in [2.24, 2.45) is 5.10 Å². The maximum atomic E-state index is 13.5. The standard InChI is InChI=1S/C31H20Br2ClN3O3/c1-18-6-8-19(9-7-18)17-39-29-24(32)12-20(13-25(29)33)16-35-37-30(36-26-5-3-2-4-23(26)31(37)38)28-15-21-14-22(34)10-11-27(21)40-28/h2-16H,17H2,1H3. The Labute approximate surface area is 251 Å². The first-order valence-electron chi connectivity index (χ1n) is 12.3. The average molecular weight is 678 g/mol. The van der Waals surface area contributed by atoms with Gasteiger partial charge in [0.25, 0.3) is 5.56 Å². The van der Waals surface area contributed by atoms with Crippen LogP contribution in [0.15, 0.2) is 108 Å². The normalized spacial score (nSPS) is 11.6. The summed E-state index contributed by atoms with van der Waals surface area (Å²) in [5.74, 6) is 1.35. The van der Waals surface area contributed by atoms with Crippen molar-refractivity contribution in [1.29, 1.82) is 0 Å². The van der Waals surface area contributed by atoms with E-state index in [0.29, 0.717) is 39.6 Å². The van der Waals surface area contributed by atoms with Gasteiger partial charge in [0.15, 0.2) is 5.76 Å². The highest BCUT2D eigenvalue weighted by molar-refractivity contribution is 9.11. The molecule has 0 aliphatic carbocycles. The van der Waals surface area contributed by atoms with E-state index >= 15 is 0 Å². The highest BCUT2D eigenvalue weighted by Gasteiger charge is 2.17. The van der Waals surface area contributed by atoms with Gasteiger partial charge in [-0.2, -0.15) is 9.78 Å².